The van der Waals surface area contributed by atoms with Crippen LogP contribution in [0, 0.1) is 0 Å². The Hall–Kier alpha value is -0.0800. The lowest BCUT2D eigenvalue weighted by atomic mass is 10.1. The van der Waals surface area contributed by atoms with Gasteiger partial charge in [0.05, 0.1) is 6.10 Å². The maximum Gasteiger partial charge on any atom is 0.0693 e. The van der Waals surface area contributed by atoms with E-state index in [1.54, 1.807) is 0 Å². The molecule has 2 nitrogen and oxygen atoms in total. The van der Waals surface area contributed by atoms with E-state index in [1.165, 1.54) is 19.3 Å². The number of aliphatic hydroxyl groups is 1. The minimum atomic E-state index is -0.0920. The Morgan fingerprint density at radius 1 is 1.33 bits per heavy atom. The van der Waals surface area contributed by atoms with Crippen molar-refractivity contribution in [2.24, 2.45) is 0 Å². The Kier molecular flexibility index (Phi) is 4.02. The smallest absolute Gasteiger partial charge is 0.0693 e. The Morgan fingerprint density at radius 3 is 2.42 bits per heavy atom. The molecule has 1 aliphatic carbocycles. The summed E-state index contributed by atoms with van der Waals surface area (Å²) in [4.78, 5) is 0. The highest BCUT2D eigenvalue weighted by Crippen LogP contribution is 2.19. The van der Waals surface area contributed by atoms with Gasteiger partial charge in [-0.05, 0) is 32.1 Å². The van der Waals surface area contributed by atoms with Gasteiger partial charge in [-0.25, -0.2) is 0 Å². The lowest BCUT2D eigenvalue weighted by Crippen LogP contribution is -2.42. The van der Waals surface area contributed by atoms with E-state index in [4.69, 9.17) is 0 Å². The first-order valence-electron chi connectivity index (χ1n) is 5.22. The van der Waals surface area contributed by atoms with Crippen molar-refractivity contribution in [2.75, 3.05) is 0 Å². The van der Waals surface area contributed by atoms with Gasteiger partial charge in [0.15, 0.2) is 0 Å². The highest BCUT2D eigenvalue weighted by molar-refractivity contribution is 4.84. The molecular weight excluding hydrogens is 150 g/mol. The molecule has 1 saturated carbocycles. The van der Waals surface area contributed by atoms with E-state index in [-0.39, 0.29) is 6.10 Å². The van der Waals surface area contributed by atoms with Gasteiger partial charge in [0.25, 0.3) is 0 Å². The lowest BCUT2D eigenvalue weighted by molar-refractivity contribution is 0.141. The Morgan fingerprint density at radius 2 is 2.00 bits per heavy atom. The molecule has 1 aliphatic rings. The predicted octanol–water partition coefficient (Wildman–Crippen LogP) is 1.68. The normalized spacial score (nSPS) is 30.0. The van der Waals surface area contributed by atoms with Crippen LogP contribution in [0.4, 0.5) is 0 Å². The monoisotopic (exact) mass is 171 g/mol. The summed E-state index contributed by atoms with van der Waals surface area (Å²) in [5.74, 6) is 0. The van der Waals surface area contributed by atoms with Crippen LogP contribution >= 0.6 is 0 Å². The molecule has 0 saturated heterocycles. The second-order valence-electron chi connectivity index (χ2n) is 3.78. The standard InChI is InChI=1S/C10H21NO/c1-3-8(4-2)11-9-6-5-7-10(9)12/h8-12H,3-7H2,1-2H3/t9-,10-/m1/s1. The molecule has 0 radical (unpaired) electrons. The maximum absolute atomic E-state index is 9.57. The van der Waals surface area contributed by atoms with Gasteiger partial charge in [0.2, 0.25) is 0 Å². The summed E-state index contributed by atoms with van der Waals surface area (Å²) < 4.78 is 0. The van der Waals surface area contributed by atoms with Crippen LogP contribution in [-0.4, -0.2) is 23.3 Å². The van der Waals surface area contributed by atoms with Crippen molar-refractivity contribution in [2.45, 2.75) is 64.1 Å². The van der Waals surface area contributed by atoms with Crippen LogP contribution in [0.3, 0.4) is 0 Å². The van der Waals surface area contributed by atoms with Crippen LogP contribution in [0.1, 0.15) is 46.0 Å². The average Bonchev–Trinajstić information content (AvgIpc) is 2.47. The van der Waals surface area contributed by atoms with Crippen molar-refractivity contribution >= 4 is 0 Å². The molecular formula is C10H21NO. The van der Waals surface area contributed by atoms with Gasteiger partial charge < -0.3 is 10.4 Å². The molecule has 0 aromatic heterocycles. The van der Waals surface area contributed by atoms with Crippen LogP contribution < -0.4 is 5.32 Å². The number of nitrogens with one attached hydrogen (secondary N) is 1. The third kappa shape index (κ3) is 2.46. The van der Waals surface area contributed by atoms with Crippen LogP contribution in [0.5, 0.6) is 0 Å². The molecule has 2 heteroatoms. The molecule has 0 aliphatic heterocycles. The first kappa shape index (κ1) is 10.0. The number of hydrogen-bond acceptors (Lipinski definition) is 2. The fourth-order valence-corrected chi connectivity index (χ4v) is 1.96. The molecule has 72 valence electrons. The summed E-state index contributed by atoms with van der Waals surface area (Å²) in [6.45, 7) is 4.39. The average molecular weight is 171 g/mol. The molecule has 0 unspecified atom stereocenters. The van der Waals surface area contributed by atoms with E-state index >= 15 is 0 Å². The second-order valence-corrected chi connectivity index (χ2v) is 3.78. The SMILES string of the molecule is CCC(CC)N[C@@H]1CCC[C@H]1O. The summed E-state index contributed by atoms with van der Waals surface area (Å²) in [5, 5.41) is 13.1. The number of aliphatic hydroxyl groups excluding tert-OH is 1. The summed E-state index contributed by atoms with van der Waals surface area (Å²) in [7, 11) is 0. The molecule has 12 heavy (non-hydrogen) atoms. The Labute approximate surface area is 75.4 Å². The zero-order chi connectivity index (χ0) is 8.97. The van der Waals surface area contributed by atoms with Crippen LogP contribution in [0.2, 0.25) is 0 Å². The van der Waals surface area contributed by atoms with E-state index in [2.05, 4.69) is 19.2 Å². The maximum atomic E-state index is 9.57. The van der Waals surface area contributed by atoms with Gasteiger partial charge in [0.1, 0.15) is 0 Å². The highest BCUT2D eigenvalue weighted by Gasteiger charge is 2.25. The third-order valence-corrected chi connectivity index (χ3v) is 2.91. The zero-order valence-electron chi connectivity index (χ0n) is 8.21. The van der Waals surface area contributed by atoms with Gasteiger partial charge in [-0.15, -0.1) is 0 Å². The van der Waals surface area contributed by atoms with E-state index in [0.717, 1.165) is 12.8 Å². The van der Waals surface area contributed by atoms with Crippen molar-refractivity contribution in [1.82, 2.24) is 5.32 Å². The van der Waals surface area contributed by atoms with Crippen molar-refractivity contribution in [3.05, 3.63) is 0 Å². The van der Waals surface area contributed by atoms with E-state index < -0.39 is 0 Å². The van der Waals surface area contributed by atoms with Crippen LogP contribution in [0.15, 0.2) is 0 Å². The summed E-state index contributed by atoms with van der Waals surface area (Å²) in [6, 6.07) is 0.970. The molecule has 0 aromatic rings. The first-order chi connectivity index (χ1) is 5.77. The quantitative estimate of drug-likeness (QED) is 0.674. The molecule has 0 bridgehead atoms. The topological polar surface area (TPSA) is 32.3 Å². The highest BCUT2D eigenvalue weighted by atomic mass is 16.3. The summed E-state index contributed by atoms with van der Waals surface area (Å²) >= 11 is 0. The van der Waals surface area contributed by atoms with E-state index in [0.29, 0.717) is 12.1 Å². The van der Waals surface area contributed by atoms with E-state index in [1.807, 2.05) is 0 Å². The fraction of sp³-hybridized carbons (Fsp3) is 1.00. The second kappa shape index (κ2) is 4.83. The molecule has 0 amide bonds. The minimum Gasteiger partial charge on any atom is -0.392 e. The zero-order valence-corrected chi connectivity index (χ0v) is 8.21. The summed E-state index contributed by atoms with van der Waals surface area (Å²) in [6.07, 6.45) is 5.55. The molecule has 0 spiro atoms. The van der Waals surface area contributed by atoms with Crippen molar-refractivity contribution < 1.29 is 5.11 Å². The fourth-order valence-electron chi connectivity index (χ4n) is 1.96. The van der Waals surface area contributed by atoms with Gasteiger partial charge in [-0.1, -0.05) is 13.8 Å². The molecule has 0 aromatic carbocycles. The van der Waals surface area contributed by atoms with Crippen molar-refractivity contribution in [3.63, 3.8) is 0 Å². The number of rotatable bonds is 4. The Bertz CT molecular complexity index is 123. The molecule has 1 rings (SSSR count). The number of hydrogen-bond donors (Lipinski definition) is 2. The van der Waals surface area contributed by atoms with Gasteiger partial charge >= 0.3 is 0 Å². The summed E-state index contributed by atoms with van der Waals surface area (Å²) in [5.41, 5.74) is 0. The molecule has 1 fully saturated rings. The molecule has 2 N–H and O–H groups in total. The van der Waals surface area contributed by atoms with Gasteiger partial charge in [-0.2, -0.15) is 0 Å². The van der Waals surface area contributed by atoms with E-state index in [9.17, 15) is 5.11 Å². The Balaban J connectivity index is 2.28. The van der Waals surface area contributed by atoms with Crippen molar-refractivity contribution in [3.8, 4) is 0 Å². The largest absolute Gasteiger partial charge is 0.392 e. The molecule has 0 heterocycles. The van der Waals surface area contributed by atoms with Gasteiger partial charge in [0, 0.05) is 12.1 Å². The first-order valence-corrected chi connectivity index (χ1v) is 5.22. The van der Waals surface area contributed by atoms with Gasteiger partial charge in [-0.3, -0.25) is 0 Å². The predicted molar refractivity (Wildman–Crippen MR) is 51.2 cm³/mol. The third-order valence-electron chi connectivity index (χ3n) is 2.91. The van der Waals surface area contributed by atoms with Crippen molar-refractivity contribution in [1.29, 1.82) is 0 Å². The minimum absolute atomic E-state index is 0.0920. The van der Waals surface area contributed by atoms with Crippen LogP contribution in [-0.2, 0) is 0 Å². The lowest BCUT2D eigenvalue weighted by Gasteiger charge is -2.22. The van der Waals surface area contributed by atoms with Crippen LogP contribution in [0.25, 0.3) is 0 Å². The molecule has 2 atom stereocenters.